The van der Waals surface area contributed by atoms with Crippen LogP contribution in [0.1, 0.15) is 25.3 Å². The normalized spacial score (nSPS) is 17.6. The van der Waals surface area contributed by atoms with E-state index in [1.165, 1.54) is 5.56 Å². The molecule has 0 atom stereocenters. The lowest BCUT2D eigenvalue weighted by molar-refractivity contribution is -0.119. The fourth-order valence-electron chi connectivity index (χ4n) is 2.38. The molecule has 0 unspecified atom stereocenters. The molecule has 1 heterocycles. The predicted molar refractivity (Wildman–Crippen MR) is 70.2 cm³/mol. The maximum absolute atomic E-state index is 11.0. The first-order valence-electron chi connectivity index (χ1n) is 6.41. The molecule has 18 heavy (non-hydrogen) atoms. The first-order valence-corrected chi connectivity index (χ1v) is 6.41. The first kappa shape index (κ1) is 12.9. The minimum Gasteiger partial charge on any atom is -0.508 e. The number of aromatic hydroxyl groups is 1. The van der Waals surface area contributed by atoms with Crippen LogP contribution in [0.5, 0.6) is 5.75 Å². The summed E-state index contributed by atoms with van der Waals surface area (Å²) in [5.41, 5.74) is 1.21. The molecule has 4 heteroatoms. The number of amides is 1. The van der Waals surface area contributed by atoms with Crippen LogP contribution in [0.4, 0.5) is 0 Å². The van der Waals surface area contributed by atoms with E-state index in [1.54, 1.807) is 19.1 Å². The molecule has 0 bridgehead atoms. The van der Waals surface area contributed by atoms with Crippen LogP contribution < -0.4 is 5.32 Å². The van der Waals surface area contributed by atoms with Gasteiger partial charge in [0.05, 0.1) is 0 Å². The van der Waals surface area contributed by atoms with Gasteiger partial charge in [-0.1, -0.05) is 12.1 Å². The van der Waals surface area contributed by atoms with Gasteiger partial charge in [-0.2, -0.15) is 0 Å². The van der Waals surface area contributed by atoms with E-state index in [2.05, 4.69) is 10.2 Å². The predicted octanol–water partition coefficient (Wildman–Crippen LogP) is 1.49. The number of hydrogen-bond acceptors (Lipinski definition) is 3. The number of phenolic OH excluding ortho intramolecular Hbond substituents is 1. The third-order valence-electron chi connectivity index (χ3n) is 3.34. The summed E-state index contributed by atoms with van der Waals surface area (Å²) >= 11 is 0. The van der Waals surface area contributed by atoms with Crippen LogP contribution in [-0.2, 0) is 11.3 Å². The molecule has 1 saturated heterocycles. The third kappa shape index (κ3) is 3.74. The van der Waals surface area contributed by atoms with Gasteiger partial charge in [0.25, 0.3) is 0 Å². The fourth-order valence-corrected chi connectivity index (χ4v) is 2.38. The van der Waals surface area contributed by atoms with Gasteiger partial charge in [-0.05, 0) is 30.5 Å². The van der Waals surface area contributed by atoms with Crippen LogP contribution >= 0.6 is 0 Å². The van der Waals surface area contributed by atoms with Crippen molar-refractivity contribution >= 4 is 5.91 Å². The number of carbonyl (C=O) groups is 1. The summed E-state index contributed by atoms with van der Waals surface area (Å²) < 4.78 is 0. The van der Waals surface area contributed by atoms with E-state index < -0.39 is 0 Å². The Kier molecular flexibility index (Phi) is 4.20. The van der Waals surface area contributed by atoms with Gasteiger partial charge in [0.15, 0.2) is 0 Å². The fraction of sp³-hybridized carbons (Fsp3) is 0.500. The quantitative estimate of drug-likeness (QED) is 0.852. The molecule has 1 aromatic carbocycles. The molecule has 4 nitrogen and oxygen atoms in total. The average Bonchev–Trinajstić information content (AvgIpc) is 2.34. The van der Waals surface area contributed by atoms with Crippen molar-refractivity contribution in [2.75, 3.05) is 13.1 Å². The van der Waals surface area contributed by atoms with Crippen LogP contribution in [0.2, 0.25) is 0 Å². The maximum Gasteiger partial charge on any atom is 0.217 e. The molecular formula is C14H20N2O2. The zero-order chi connectivity index (χ0) is 13.0. The Hall–Kier alpha value is -1.55. The number of carbonyl (C=O) groups excluding carboxylic acids is 1. The molecule has 98 valence electrons. The molecule has 0 aliphatic carbocycles. The van der Waals surface area contributed by atoms with Crippen molar-refractivity contribution < 1.29 is 9.90 Å². The Morgan fingerprint density at radius 2 is 1.94 bits per heavy atom. The van der Waals surface area contributed by atoms with Crippen molar-refractivity contribution in [3.8, 4) is 5.75 Å². The second kappa shape index (κ2) is 5.87. The lowest BCUT2D eigenvalue weighted by Gasteiger charge is -2.32. The standard InChI is InChI=1S/C14H20N2O2/c1-11(17)15-13-6-8-16(9-7-13)10-12-2-4-14(18)5-3-12/h2-5,13,18H,6-10H2,1H3,(H,15,17). The summed E-state index contributed by atoms with van der Waals surface area (Å²) in [6.45, 7) is 4.49. The van der Waals surface area contributed by atoms with Crippen LogP contribution in [0.15, 0.2) is 24.3 Å². The van der Waals surface area contributed by atoms with Crippen LogP contribution in [0, 0.1) is 0 Å². The van der Waals surface area contributed by atoms with Crippen molar-refractivity contribution in [1.82, 2.24) is 10.2 Å². The first-order chi connectivity index (χ1) is 8.63. The van der Waals surface area contributed by atoms with Crippen LogP contribution in [0.25, 0.3) is 0 Å². The monoisotopic (exact) mass is 248 g/mol. The highest BCUT2D eigenvalue weighted by molar-refractivity contribution is 5.73. The molecule has 2 rings (SSSR count). The van der Waals surface area contributed by atoms with Gasteiger partial charge in [0.1, 0.15) is 5.75 Å². The molecule has 1 aromatic rings. The minimum atomic E-state index is 0.0620. The highest BCUT2D eigenvalue weighted by Gasteiger charge is 2.19. The van der Waals surface area contributed by atoms with E-state index >= 15 is 0 Å². The van der Waals surface area contributed by atoms with E-state index in [4.69, 9.17) is 0 Å². The molecule has 1 aliphatic rings. The Bertz CT molecular complexity index is 395. The van der Waals surface area contributed by atoms with Gasteiger partial charge < -0.3 is 10.4 Å². The van der Waals surface area contributed by atoms with Gasteiger partial charge in [-0.15, -0.1) is 0 Å². The number of piperidine rings is 1. The highest BCUT2D eigenvalue weighted by atomic mass is 16.3. The second-order valence-corrected chi connectivity index (χ2v) is 4.92. The maximum atomic E-state index is 11.0. The van der Waals surface area contributed by atoms with E-state index in [1.807, 2.05) is 12.1 Å². The van der Waals surface area contributed by atoms with Gasteiger partial charge in [-0.25, -0.2) is 0 Å². The number of benzene rings is 1. The Labute approximate surface area is 108 Å². The van der Waals surface area contributed by atoms with Crippen LogP contribution in [-0.4, -0.2) is 35.0 Å². The number of phenols is 1. The number of nitrogens with one attached hydrogen (secondary N) is 1. The van der Waals surface area contributed by atoms with Crippen molar-refractivity contribution in [1.29, 1.82) is 0 Å². The van der Waals surface area contributed by atoms with E-state index in [9.17, 15) is 9.90 Å². The third-order valence-corrected chi connectivity index (χ3v) is 3.34. The van der Waals surface area contributed by atoms with Crippen LogP contribution in [0.3, 0.4) is 0 Å². The number of nitrogens with zero attached hydrogens (tertiary/aromatic N) is 1. The zero-order valence-corrected chi connectivity index (χ0v) is 10.7. The highest BCUT2D eigenvalue weighted by Crippen LogP contribution is 2.15. The molecule has 2 N–H and O–H groups in total. The zero-order valence-electron chi connectivity index (χ0n) is 10.7. The average molecular weight is 248 g/mol. The molecule has 1 aliphatic heterocycles. The molecule has 0 saturated carbocycles. The molecule has 0 radical (unpaired) electrons. The van der Waals surface area contributed by atoms with Crippen molar-refractivity contribution in [2.45, 2.75) is 32.4 Å². The molecule has 0 aromatic heterocycles. The van der Waals surface area contributed by atoms with Gasteiger partial charge in [-0.3, -0.25) is 9.69 Å². The van der Waals surface area contributed by atoms with Gasteiger partial charge >= 0.3 is 0 Å². The summed E-state index contributed by atoms with van der Waals surface area (Å²) in [7, 11) is 0. The SMILES string of the molecule is CC(=O)NC1CCN(Cc2ccc(O)cc2)CC1. The second-order valence-electron chi connectivity index (χ2n) is 4.92. The van der Waals surface area contributed by atoms with E-state index in [0.717, 1.165) is 32.5 Å². The van der Waals surface area contributed by atoms with Crippen molar-refractivity contribution in [3.63, 3.8) is 0 Å². The van der Waals surface area contributed by atoms with Crippen molar-refractivity contribution in [2.24, 2.45) is 0 Å². The Balaban J connectivity index is 1.79. The molecular weight excluding hydrogens is 228 g/mol. The summed E-state index contributed by atoms with van der Waals surface area (Å²) in [5, 5.41) is 12.2. The smallest absolute Gasteiger partial charge is 0.217 e. The topological polar surface area (TPSA) is 52.6 Å². The summed E-state index contributed by atoms with van der Waals surface area (Å²) in [6.07, 6.45) is 2.02. The summed E-state index contributed by atoms with van der Waals surface area (Å²) in [5.74, 6) is 0.370. The summed E-state index contributed by atoms with van der Waals surface area (Å²) in [6, 6.07) is 7.68. The number of hydrogen-bond donors (Lipinski definition) is 2. The lowest BCUT2D eigenvalue weighted by atomic mass is 10.0. The lowest BCUT2D eigenvalue weighted by Crippen LogP contribution is -2.43. The minimum absolute atomic E-state index is 0.0620. The number of likely N-dealkylation sites (tertiary alicyclic amines) is 1. The van der Waals surface area contributed by atoms with E-state index in [-0.39, 0.29) is 5.91 Å². The molecule has 0 spiro atoms. The largest absolute Gasteiger partial charge is 0.508 e. The van der Waals surface area contributed by atoms with E-state index in [0.29, 0.717) is 11.8 Å². The molecule has 1 fully saturated rings. The van der Waals surface area contributed by atoms with Gasteiger partial charge in [0.2, 0.25) is 5.91 Å². The summed E-state index contributed by atoms with van der Waals surface area (Å²) in [4.78, 5) is 13.3. The number of rotatable bonds is 3. The molecule has 1 amide bonds. The Morgan fingerprint density at radius 1 is 1.33 bits per heavy atom. The van der Waals surface area contributed by atoms with Gasteiger partial charge in [0, 0.05) is 32.6 Å². The van der Waals surface area contributed by atoms with Crippen molar-refractivity contribution in [3.05, 3.63) is 29.8 Å². The Morgan fingerprint density at radius 3 is 2.50 bits per heavy atom.